The summed E-state index contributed by atoms with van der Waals surface area (Å²) in [7, 11) is 0. The normalized spacial score (nSPS) is 21.0. The van der Waals surface area contributed by atoms with Crippen LogP contribution in [0.4, 0.5) is 0 Å². The molecule has 1 saturated carbocycles. The fraction of sp³-hybridized carbons (Fsp3) is 0.706. The van der Waals surface area contributed by atoms with E-state index in [0.717, 1.165) is 44.3 Å². The molecule has 0 aromatic carbocycles. The van der Waals surface area contributed by atoms with Crippen LogP contribution in [-0.4, -0.2) is 23.5 Å². The van der Waals surface area contributed by atoms with E-state index in [2.05, 4.69) is 22.7 Å². The van der Waals surface area contributed by atoms with Crippen LogP contribution in [0.2, 0.25) is 0 Å². The van der Waals surface area contributed by atoms with E-state index in [1.807, 2.05) is 6.92 Å². The standard InChI is InChI=1S/C17H27N3O3/c1-3-4-9-18-16(21)14-7-5-6-8-15(14)17(22)19-11-13-10-12(2)23-20-13/h10,14-15H,3-9,11H2,1-2H3,(H,18,21)(H,19,22). The van der Waals surface area contributed by atoms with Crippen LogP contribution in [-0.2, 0) is 16.1 Å². The van der Waals surface area contributed by atoms with Crippen molar-refractivity contribution in [3.05, 3.63) is 17.5 Å². The number of aromatic nitrogens is 1. The van der Waals surface area contributed by atoms with Crippen LogP contribution in [0.3, 0.4) is 0 Å². The lowest BCUT2D eigenvalue weighted by Crippen LogP contribution is -2.43. The van der Waals surface area contributed by atoms with Gasteiger partial charge in [0, 0.05) is 24.4 Å². The number of unbranched alkanes of at least 4 members (excludes halogenated alkanes) is 1. The zero-order chi connectivity index (χ0) is 16.7. The summed E-state index contributed by atoms with van der Waals surface area (Å²) in [4.78, 5) is 24.8. The molecule has 1 aromatic rings. The Labute approximate surface area is 137 Å². The molecule has 6 nitrogen and oxygen atoms in total. The summed E-state index contributed by atoms with van der Waals surface area (Å²) in [5, 5.41) is 9.73. The Hall–Kier alpha value is -1.85. The third kappa shape index (κ3) is 5.08. The summed E-state index contributed by atoms with van der Waals surface area (Å²) in [6, 6.07) is 1.80. The molecule has 6 heteroatoms. The maximum absolute atomic E-state index is 12.5. The van der Waals surface area contributed by atoms with Crippen molar-refractivity contribution < 1.29 is 14.1 Å². The molecule has 2 unspecified atom stereocenters. The van der Waals surface area contributed by atoms with E-state index in [-0.39, 0.29) is 23.7 Å². The number of aryl methyl sites for hydroxylation is 1. The van der Waals surface area contributed by atoms with Gasteiger partial charge in [-0.1, -0.05) is 31.3 Å². The van der Waals surface area contributed by atoms with Gasteiger partial charge in [0.2, 0.25) is 11.8 Å². The van der Waals surface area contributed by atoms with Gasteiger partial charge >= 0.3 is 0 Å². The van der Waals surface area contributed by atoms with Gasteiger partial charge < -0.3 is 15.2 Å². The van der Waals surface area contributed by atoms with Crippen molar-refractivity contribution >= 4 is 11.8 Å². The van der Waals surface area contributed by atoms with Crippen molar-refractivity contribution in [2.75, 3.05) is 6.54 Å². The Morgan fingerprint density at radius 1 is 1.22 bits per heavy atom. The average molecular weight is 321 g/mol. The molecular formula is C17H27N3O3. The lowest BCUT2D eigenvalue weighted by molar-refractivity contribution is -0.136. The number of carbonyl (C=O) groups excluding carboxylic acids is 2. The molecule has 23 heavy (non-hydrogen) atoms. The maximum Gasteiger partial charge on any atom is 0.224 e. The number of amides is 2. The largest absolute Gasteiger partial charge is 0.361 e. The molecule has 1 aliphatic carbocycles. The second-order valence-electron chi connectivity index (χ2n) is 6.29. The minimum absolute atomic E-state index is 0.0237. The number of hydrogen-bond donors (Lipinski definition) is 2. The van der Waals surface area contributed by atoms with Gasteiger partial charge in [0.25, 0.3) is 0 Å². The van der Waals surface area contributed by atoms with Crippen molar-refractivity contribution in [1.82, 2.24) is 15.8 Å². The van der Waals surface area contributed by atoms with E-state index in [4.69, 9.17) is 4.52 Å². The van der Waals surface area contributed by atoms with Gasteiger partial charge in [0.05, 0.1) is 6.54 Å². The van der Waals surface area contributed by atoms with E-state index >= 15 is 0 Å². The van der Waals surface area contributed by atoms with Gasteiger partial charge in [0.1, 0.15) is 11.5 Å². The first kappa shape index (κ1) is 17.5. The predicted molar refractivity (Wildman–Crippen MR) is 86.5 cm³/mol. The predicted octanol–water partition coefficient (Wildman–Crippen LogP) is 2.32. The number of nitrogens with one attached hydrogen (secondary N) is 2. The van der Waals surface area contributed by atoms with Crippen LogP contribution in [0.25, 0.3) is 0 Å². The highest BCUT2D eigenvalue weighted by Gasteiger charge is 2.35. The van der Waals surface area contributed by atoms with Gasteiger partial charge in [-0.05, 0) is 26.2 Å². The van der Waals surface area contributed by atoms with Crippen molar-refractivity contribution in [3.8, 4) is 0 Å². The number of nitrogens with zero attached hydrogens (tertiary/aromatic N) is 1. The summed E-state index contributed by atoms with van der Waals surface area (Å²) in [5.41, 5.74) is 0.704. The van der Waals surface area contributed by atoms with E-state index in [9.17, 15) is 9.59 Å². The maximum atomic E-state index is 12.5. The summed E-state index contributed by atoms with van der Waals surface area (Å²) in [5.74, 6) is 0.245. The van der Waals surface area contributed by atoms with E-state index in [1.54, 1.807) is 6.07 Å². The van der Waals surface area contributed by atoms with E-state index < -0.39 is 0 Å². The summed E-state index contributed by atoms with van der Waals surface area (Å²) >= 11 is 0. The quantitative estimate of drug-likeness (QED) is 0.755. The Morgan fingerprint density at radius 3 is 2.43 bits per heavy atom. The molecule has 2 atom stereocenters. The number of hydrogen-bond acceptors (Lipinski definition) is 4. The molecular weight excluding hydrogens is 294 g/mol. The fourth-order valence-electron chi connectivity index (χ4n) is 3.09. The molecule has 2 N–H and O–H groups in total. The van der Waals surface area contributed by atoms with E-state index in [0.29, 0.717) is 18.8 Å². The molecule has 0 spiro atoms. The van der Waals surface area contributed by atoms with Crippen molar-refractivity contribution in [2.45, 2.75) is 58.9 Å². The number of rotatable bonds is 7. The third-order valence-corrected chi connectivity index (χ3v) is 4.39. The van der Waals surface area contributed by atoms with Crippen LogP contribution < -0.4 is 10.6 Å². The summed E-state index contributed by atoms with van der Waals surface area (Å²) in [6.07, 6.45) is 5.60. The molecule has 1 aliphatic rings. The molecule has 2 rings (SSSR count). The zero-order valence-corrected chi connectivity index (χ0v) is 14.1. The van der Waals surface area contributed by atoms with Gasteiger partial charge in [-0.2, -0.15) is 0 Å². The minimum Gasteiger partial charge on any atom is -0.361 e. The molecule has 0 saturated heterocycles. The molecule has 1 fully saturated rings. The van der Waals surface area contributed by atoms with Gasteiger partial charge in [-0.25, -0.2) is 0 Å². The lowest BCUT2D eigenvalue weighted by Gasteiger charge is -2.29. The van der Waals surface area contributed by atoms with Crippen molar-refractivity contribution in [3.63, 3.8) is 0 Å². The van der Waals surface area contributed by atoms with Crippen LogP contribution >= 0.6 is 0 Å². The van der Waals surface area contributed by atoms with Crippen LogP contribution in [0.15, 0.2) is 10.6 Å². The SMILES string of the molecule is CCCCNC(=O)C1CCCCC1C(=O)NCc1cc(C)on1. The highest BCUT2D eigenvalue weighted by atomic mass is 16.5. The zero-order valence-electron chi connectivity index (χ0n) is 14.1. The van der Waals surface area contributed by atoms with Gasteiger partial charge in [-0.3, -0.25) is 9.59 Å². The van der Waals surface area contributed by atoms with Crippen LogP contribution in [0.5, 0.6) is 0 Å². The summed E-state index contributed by atoms with van der Waals surface area (Å²) in [6.45, 7) is 4.94. The number of carbonyl (C=O) groups is 2. The average Bonchev–Trinajstić information content (AvgIpc) is 2.98. The summed E-state index contributed by atoms with van der Waals surface area (Å²) < 4.78 is 4.99. The van der Waals surface area contributed by atoms with Gasteiger partial charge in [0.15, 0.2) is 0 Å². The minimum atomic E-state index is -0.238. The van der Waals surface area contributed by atoms with E-state index in [1.165, 1.54) is 0 Å². The first-order chi connectivity index (χ1) is 11.1. The first-order valence-corrected chi connectivity index (χ1v) is 8.59. The molecule has 0 bridgehead atoms. The Bertz CT molecular complexity index is 527. The highest BCUT2D eigenvalue weighted by molar-refractivity contribution is 5.87. The Morgan fingerprint density at radius 2 is 1.87 bits per heavy atom. The van der Waals surface area contributed by atoms with Crippen molar-refractivity contribution in [1.29, 1.82) is 0 Å². The Kier molecular flexibility index (Phi) is 6.62. The van der Waals surface area contributed by atoms with Crippen molar-refractivity contribution in [2.24, 2.45) is 11.8 Å². The molecule has 2 amide bonds. The highest BCUT2D eigenvalue weighted by Crippen LogP contribution is 2.30. The van der Waals surface area contributed by atoms with Gasteiger partial charge in [-0.15, -0.1) is 0 Å². The monoisotopic (exact) mass is 321 g/mol. The smallest absolute Gasteiger partial charge is 0.224 e. The van der Waals surface area contributed by atoms with Crippen LogP contribution in [0, 0.1) is 18.8 Å². The molecule has 1 aromatic heterocycles. The fourth-order valence-corrected chi connectivity index (χ4v) is 3.09. The Balaban J connectivity index is 1.88. The molecule has 128 valence electrons. The second kappa shape index (κ2) is 8.70. The second-order valence-corrected chi connectivity index (χ2v) is 6.29. The van der Waals surface area contributed by atoms with Crippen LogP contribution in [0.1, 0.15) is 56.9 Å². The third-order valence-electron chi connectivity index (χ3n) is 4.39. The molecule has 1 heterocycles. The molecule has 0 aliphatic heterocycles. The first-order valence-electron chi connectivity index (χ1n) is 8.59. The lowest BCUT2D eigenvalue weighted by atomic mass is 9.78. The molecule has 0 radical (unpaired) electrons. The topological polar surface area (TPSA) is 84.2 Å².